The van der Waals surface area contributed by atoms with E-state index in [9.17, 15) is 0 Å². The van der Waals surface area contributed by atoms with Crippen LogP contribution in [-0.4, -0.2) is 47.0 Å². The molecule has 3 heteroatoms. The normalized spacial score (nSPS) is 17.3. The van der Waals surface area contributed by atoms with Gasteiger partial charge >= 0.3 is 0 Å². The predicted octanol–water partition coefficient (Wildman–Crippen LogP) is 3.42. The third-order valence-electron chi connectivity index (χ3n) is 4.45. The molecule has 0 aromatic carbocycles. The number of hydrogen-bond acceptors (Lipinski definition) is 3. The maximum Gasteiger partial charge on any atom is 0.0623 e. The number of aromatic nitrogens is 1. The van der Waals surface area contributed by atoms with Crippen LogP contribution in [0.15, 0.2) is 24.9 Å². The molecule has 0 amide bonds. The fraction of sp³-hybridized carbons (Fsp3) is 0.611. The molecule has 0 spiro atoms. The number of pyridine rings is 1. The molecule has 0 N–H and O–H groups in total. The Morgan fingerprint density at radius 1 is 1.33 bits per heavy atom. The van der Waals surface area contributed by atoms with Gasteiger partial charge in [-0.25, -0.2) is 0 Å². The molecule has 0 bridgehead atoms. The van der Waals surface area contributed by atoms with Gasteiger partial charge in [0.25, 0.3) is 0 Å². The van der Waals surface area contributed by atoms with Crippen molar-refractivity contribution < 1.29 is 0 Å². The van der Waals surface area contributed by atoms with Crippen LogP contribution in [-0.2, 0) is 6.54 Å². The van der Waals surface area contributed by atoms with Crippen LogP contribution in [0, 0.1) is 0 Å². The van der Waals surface area contributed by atoms with Crippen molar-refractivity contribution in [2.45, 2.75) is 45.7 Å². The minimum absolute atomic E-state index is 0.785. The van der Waals surface area contributed by atoms with Crippen LogP contribution in [0.5, 0.6) is 0 Å². The average Bonchev–Trinajstić information content (AvgIpc) is 2.54. The second-order valence-electron chi connectivity index (χ2n) is 5.93. The molecule has 0 aliphatic carbocycles. The summed E-state index contributed by atoms with van der Waals surface area (Å²) in [6, 6.07) is 5.01. The van der Waals surface area contributed by atoms with E-state index in [1.807, 2.05) is 6.20 Å². The van der Waals surface area contributed by atoms with Gasteiger partial charge in [-0.3, -0.25) is 9.88 Å². The first-order valence-corrected chi connectivity index (χ1v) is 8.30. The number of likely N-dealkylation sites (tertiary alicyclic amines) is 1. The molecule has 0 radical (unpaired) electrons. The molecular weight excluding hydrogens is 258 g/mol. The molecule has 3 nitrogen and oxygen atoms in total. The summed E-state index contributed by atoms with van der Waals surface area (Å²) in [5.41, 5.74) is 2.26. The third kappa shape index (κ3) is 4.65. The second kappa shape index (κ2) is 8.30. The summed E-state index contributed by atoms with van der Waals surface area (Å²) in [6.45, 7) is 14.2. The van der Waals surface area contributed by atoms with Gasteiger partial charge in [-0.15, -0.1) is 0 Å². The Morgan fingerprint density at radius 2 is 2.10 bits per heavy atom. The largest absolute Gasteiger partial charge is 0.301 e. The molecule has 0 atom stereocenters. The van der Waals surface area contributed by atoms with Gasteiger partial charge in [0.2, 0.25) is 0 Å². The zero-order chi connectivity index (χ0) is 15.1. The first kappa shape index (κ1) is 16.2. The lowest BCUT2D eigenvalue weighted by Gasteiger charge is -2.38. The quantitative estimate of drug-likeness (QED) is 0.766. The monoisotopic (exact) mass is 287 g/mol. The lowest BCUT2D eigenvalue weighted by atomic mass is 10.0. The topological polar surface area (TPSA) is 19.4 Å². The molecule has 1 aliphatic heterocycles. The fourth-order valence-electron chi connectivity index (χ4n) is 3.24. The van der Waals surface area contributed by atoms with E-state index in [0.717, 1.165) is 18.3 Å². The number of nitrogens with zero attached hydrogens (tertiary/aromatic N) is 3. The molecule has 0 unspecified atom stereocenters. The van der Waals surface area contributed by atoms with Gasteiger partial charge in [0.15, 0.2) is 0 Å². The van der Waals surface area contributed by atoms with Gasteiger partial charge < -0.3 is 4.90 Å². The molecule has 2 rings (SSSR count). The van der Waals surface area contributed by atoms with Crippen molar-refractivity contribution in [2.75, 3.05) is 26.2 Å². The Balaban J connectivity index is 1.81. The van der Waals surface area contributed by atoms with E-state index in [4.69, 9.17) is 0 Å². The summed E-state index contributed by atoms with van der Waals surface area (Å²) in [6.07, 6.45) is 7.63. The van der Waals surface area contributed by atoms with E-state index in [1.54, 1.807) is 6.08 Å². The third-order valence-corrected chi connectivity index (χ3v) is 4.45. The van der Waals surface area contributed by atoms with E-state index in [0.29, 0.717) is 0 Å². The van der Waals surface area contributed by atoms with E-state index < -0.39 is 0 Å². The van der Waals surface area contributed by atoms with Crippen molar-refractivity contribution in [1.29, 1.82) is 0 Å². The smallest absolute Gasteiger partial charge is 0.0623 e. The fourth-order valence-corrected chi connectivity index (χ4v) is 3.24. The molecule has 0 saturated carbocycles. The van der Waals surface area contributed by atoms with Crippen molar-refractivity contribution in [3.8, 4) is 0 Å². The molecule has 21 heavy (non-hydrogen) atoms. The van der Waals surface area contributed by atoms with Crippen molar-refractivity contribution in [2.24, 2.45) is 0 Å². The summed E-state index contributed by atoms with van der Waals surface area (Å²) in [7, 11) is 0. The van der Waals surface area contributed by atoms with Gasteiger partial charge in [-0.2, -0.15) is 0 Å². The van der Waals surface area contributed by atoms with Gasteiger partial charge in [0.05, 0.1) is 5.69 Å². The Kier molecular flexibility index (Phi) is 6.40. The van der Waals surface area contributed by atoms with E-state index >= 15 is 0 Å². The number of piperidine rings is 1. The van der Waals surface area contributed by atoms with E-state index in [1.165, 1.54) is 51.0 Å². The minimum atomic E-state index is 0.785. The molecule has 116 valence electrons. The molecule has 1 aliphatic rings. The highest BCUT2D eigenvalue weighted by Gasteiger charge is 2.23. The van der Waals surface area contributed by atoms with Crippen LogP contribution < -0.4 is 0 Å². The van der Waals surface area contributed by atoms with E-state index in [2.05, 4.69) is 47.3 Å². The standard InChI is InChI=1S/C18H29N3/c1-4-11-21(6-3)18-9-12-20(13-10-18)15-16-7-8-17(5-2)19-14-16/h5,7-8,14,18H,2,4,6,9-13,15H2,1,3H3. The Morgan fingerprint density at radius 3 is 2.62 bits per heavy atom. The Labute approximate surface area is 129 Å². The zero-order valence-electron chi connectivity index (χ0n) is 13.6. The lowest BCUT2D eigenvalue weighted by Crippen LogP contribution is -2.44. The maximum absolute atomic E-state index is 4.39. The van der Waals surface area contributed by atoms with Gasteiger partial charge in [-0.1, -0.05) is 26.5 Å². The van der Waals surface area contributed by atoms with Crippen molar-refractivity contribution >= 4 is 6.08 Å². The highest BCUT2D eigenvalue weighted by Crippen LogP contribution is 2.18. The number of hydrogen-bond donors (Lipinski definition) is 0. The zero-order valence-corrected chi connectivity index (χ0v) is 13.6. The summed E-state index contributed by atoms with van der Waals surface area (Å²) in [5, 5.41) is 0. The van der Waals surface area contributed by atoms with E-state index in [-0.39, 0.29) is 0 Å². The Bertz CT molecular complexity index is 419. The van der Waals surface area contributed by atoms with Crippen LogP contribution in [0.25, 0.3) is 6.08 Å². The van der Waals surface area contributed by atoms with Crippen LogP contribution in [0.1, 0.15) is 44.4 Å². The molecule has 1 aromatic heterocycles. The summed E-state index contributed by atoms with van der Waals surface area (Å²) in [5.74, 6) is 0. The lowest BCUT2D eigenvalue weighted by molar-refractivity contribution is 0.108. The number of rotatable bonds is 7. The van der Waals surface area contributed by atoms with Crippen LogP contribution >= 0.6 is 0 Å². The van der Waals surface area contributed by atoms with Gasteiger partial charge in [0.1, 0.15) is 0 Å². The summed E-state index contributed by atoms with van der Waals surface area (Å²) >= 11 is 0. The highest BCUT2D eigenvalue weighted by atomic mass is 15.2. The van der Waals surface area contributed by atoms with Crippen molar-refractivity contribution in [3.63, 3.8) is 0 Å². The Hall–Kier alpha value is -1.19. The molecule has 1 fully saturated rings. The molecular formula is C18H29N3. The van der Waals surface area contributed by atoms with Crippen molar-refractivity contribution in [3.05, 3.63) is 36.2 Å². The predicted molar refractivity (Wildman–Crippen MR) is 90.2 cm³/mol. The summed E-state index contributed by atoms with van der Waals surface area (Å²) in [4.78, 5) is 9.60. The SMILES string of the molecule is C=Cc1ccc(CN2CCC(N(CC)CCC)CC2)cn1. The first-order valence-electron chi connectivity index (χ1n) is 8.30. The average molecular weight is 287 g/mol. The second-order valence-corrected chi connectivity index (χ2v) is 5.93. The van der Waals surface area contributed by atoms with Crippen molar-refractivity contribution in [1.82, 2.24) is 14.8 Å². The van der Waals surface area contributed by atoms with Gasteiger partial charge in [0, 0.05) is 18.8 Å². The molecule has 1 aromatic rings. The summed E-state index contributed by atoms with van der Waals surface area (Å²) < 4.78 is 0. The van der Waals surface area contributed by atoms with Crippen LogP contribution in [0.3, 0.4) is 0 Å². The van der Waals surface area contributed by atoms with Crippen LogP contribution in [0.2, 0.25) is 0 Å². The molecule has 2 heterocycles. The first-order chi connectivity index (χ1) is 10.3. The minimum Gasteiger partial charge on any atom is -0.301 e. The van der Waals surface area contributed by atoms with Gasteiger partial charge in [-0.05, 0) is 63.1 Å². The maximum atomic E-state index is 4.39. The molecule has 1 saturated heterocycles. The highest BCUT2D eigenvalue weighted by molar-refractivity contribution is 5.41. The van der Waals surface area contributed by atoms with Crippen LogP contribution in [0.4, 0.5) is 0 Å².